The van der Waals surface area contributed by atoms with E-state index in [2.05, 4.69) is 31.0 Å². The van der Waals surface area contributed by atoms with Crippen molar-refractivity contribution >= 4 is 17.4 Å². The lowest BCUT2D eigenvalue weighted by atomic mass is 9.97. The van der Waals surface area contributed by atoms with Crippen LogP contribution in [0.4, 0.5) is 0 Å². The zero-order valence-corrected chi connectivity index (χ0v) is 16.2. The van der Waals surface area contributed by atoms with Crippen molar-refractivity contribution in [3.8, 4) is 0 Å². The van der Waals surface area contributed by atoms with E-state index in [-0.39, 0.29) is 24.2 Å². The number of carbonyl (C=O) groups excluding carboxylic acids is 2. The molecular formula is C23H26N2O3. The topological polar surface area (TPSA) is 62.6 Å². The Morgan fingerprint density at radius 2 is 2.14 bits per heavy atom. The molecule has 1 aliphatic heterocycles. The number of nitrogens with one attached hydrogen (secondary N) is 1. The van der Waals surface area contributed by atoms with Crippen LogP contribution in [-0.2, 0) is 16.1 Å². The third-order valence-corrected chi connectivity index (χ3v) is 5.02. The summed E-state index contributed by atoms with van der Waals surface area (Å²) < 4.78 is 5.30. The molecule has 146 valence electrons. The van der Waals surface area contributed by atoms with Crippen molar-refractivity contribution in [2.75, 3.05) is 13.1 Å². The predicted octanol–water partition coefficient (Wildman–Crippen LogP) is 3.71. The van der Waals surface area contributed by atoms with E-state index in [0.717, 1.165) is 16.9 Å². The highest BCUT2D eigenvalue weighted by Gasteiger charge is 2.34. The summed E-state index contributed by atoms with van der Waals surface area (Å²) in [4.78, 5) is 26.4. The maximum Gasteiger partial charge on any atom is 0.225 e. The summed E-state index contributed by atoms with van der Waals surface area (Å²) in [6.45, 7) is 7.23. The second kappa shape index (κ2) is 9.22. The van der Waals surface area contributed by atoms with E-state index in [1.54, 1.807) is 23.3 Å². The summed E-state index contributed by atoms with van der Waals surface area (Å²) >= 11 is 0. The van der Waals surface area contributed by atoms with E-state index < -0.39 is 0 Å². The molecule has 1 aromatic heterocycles. The van der Waals surface area contributed by atoms with Gasteiger partial charge in [0, 0.05) is 19.5 Å². The van der Waals surface area contributed by atoms with Crippen LogP contribution < -0.4 is 5.32 Å². The minimum absolute atomic E-state index is 0.0105. The minimum Gasteiger partial charge on any atom is -0.467 e. The maximum atomic E-state index is 12.5. The molecule has 0 spiro atoms. The molecule has 2 heterocycles. The predicted molar refractivity (Wildman–Crippen MR) is 109 cm³/mol. The van der Waals surface area contributed by atoms with Crippen molar-refractivity contribution in [2.24, 2.45) is 5.92 Å². The van der Waals surface area contributed by atoms with Crippen LogP contribution in [0.3, 0.4) is 0 Å². The van der Waals surface area contributed by atoms with Gasteiger partial charge in [0.1, 0.15) is 5.76 Å². The van der Waals surface area contributed by atoms with Gasteiger partial charge in [-0.3, -0.25) is 9.59 Å². The Hall–Kier alpha value is -3.08. The zero-order valence-electron chi connectivity index (χ0n) is 16.2. The normalized spacial score (nSPS) is 17.0. The van der Waals surface area contributed by atoms with Crippen molar-refractivity contribution in [1.29, 1.82) is 0 Å². The van der Waals surface area contributed by atoms with Gasteiger partial charge in [-0.1, -0.05) is 43.0 Å². The molecule has 0 bridgehead atoms. The number of allylic oxidation sites excluding steroid dienone is 2. The number of furan rings is 1. The van der Waals surface area contributed by atoms with E-state index in [9.17, 15) is 9.59 Å². The summed E-state index contributed by atoms with van der Waals surface area (Å²) in [5.74, 6) is 0.335. The SMILES string of the molecule is C=C/C=C(/CCNC(=O)C1CC(=O)N(Cc2ccco2)C1)c1ccccc1C. The number of hydrogen-bond donors (Lipinski definition) is 1. The van der Waals surface area contributed by atoms with Gasteiger partial charge in [-0.25, -0.2) is 0 Å². The molecule has 5 nitrogen and oxygen atoms in total. The van der Waals surface area contributed by atoms with E-state index >= 15 is 0 Å². The van der Waals surface area contributed by atoms with Crippen molar-refractivity contribution in [2.45, 2.75) is 26.3 Å². The monoisotopic (exact) mass is 378 g/mol. The number of carbonyl (C=O) groups is 2. The quantitative estimate of drug-likeness (QED) is 0.712. The number of amides is 2. The second-order valence-electron chi connectivity index (χ2n) is 7.04. The molecule has 28 heavy (non-hydrogen) atoms. The van der Waals surface area contributed by atoms with Crippen molar-refractivity contribution in [3.63, 3.8) is 0 Å². The number of likely N-dealkylation sites (tertiary alicyclic amines) is 1. The van der Waals surface area contributed by atoms with Gasteiger partial charge >= 0.3 is 0 Å². The molecule has 3 rings (SSSR count). The first-order valence-corrected chi connectivity index (χ1v) is 9.54. The van der Waals surface area contributed by atoms with Crippen LogP contribution in [0.5, 0.6) is 0 Å². The first kappa shape index (κ1) is 19.7. The fraction of sp³-hybridized carbons (Fsp3) is 0.304. The molecule has 2 aromatic rings. The van der Waals surface area contributed by atoms with Gasteiger partial charge in [-0.15, -0.1) is 0 Å². The lowest BCUT2D eigenvalue weighted by Crippen LogP contribution is -2.33. The number of hydrogen-bond acceptors (Lipinski definition) is 3. The first-order valence-electron chi connectivity index (χ1n) is 9.54. The van der Waals surface area contributed by atoms with E-state index in [4.69, 9.17) is 4.42 Å². The van der Waals surface area contributed by atoms with Crippen molar-refractivity contribution in [3.05, 3.63) is 78.3 Å². The van der Waals surface area contributed by atoms with E-state index in [1.807, 2.05) is 24.3 Å². The molecule has 0 radical (unpaired) electrons. The van der Waals surface area contributed by atoms with Gasteiger partial charge in [-0.05, 0) is 42.2 Å². The standard InChI is InChI=1S/C23H26N2O3/c1-3-7-18(21-10-5-4-8-17(21)2)11-12-24-23(27)19-14-22(26)25(15-19)16-20-9-6-13-28-20/h3-10,13,19H,1,11-12,14-16H2,2H3,(H,24,27)/b18-7-. The Kier molecular flexibility index (Phi) is 6.48. The molecule has 5 heteroatoms. The van der Waals surface area contributed by atoms with Crippen LogP contribution in [0.25, 0.3) is 5.57 Å². The Morgan fingerprint density at radius 3 is 2.86 bits per heavy atom. The van der Waals surface area contributed by atoms with Gasteiger partial charge in [-0.2, -0.15) is 0 Å². The summed E-state index contributed by atoms with van der Waals surface area (Å²) in [7, 11) is 0. The molecule has 1 atom stereocenters. The van der Waals surface area contributed by atoms with Gasteiger partial charge in [0.2, 0.25) is 11.8 Å². The lowest BCUT2D eigenvalue weighted by molar-refractivity contribution is -0.129. The van der Waals surface area contributed by atoms with Crippen LogP contribution in [0.1, 0.15) is 29.7 Å². The Bertz CT molecular complexity index is 868. The Balaban J connectivity index is 1.52. The van der Waals surface area contributed by atoms with Gasteiger partial charge in [0.15, 0.2) is 0 Å². The summed E-state index contributed by atoms with van der Waals surface area (Å²) in [5, 5.41) is 2.99. The fourth-order valence-corrected chi connectivity index (χ4v) is 3.54. The number of aryl methyl sites for hydroxylation is 1. The van der Waals surface area contributed by atoms with Crippen LogP contribution in [0, 0.1) is 12.8 Å². The molecule has 2 amide bonds. The van der Waals surface area contributed by atoms with Crippen molar-refractivity contribution < 1.29 is 14.0 Å². The molecule has 1 fully saturated rings. The fourth-order valence-electron chi connectivity index (χ4n) is 3.54. The number of nitrogens with zero attached hydrogens (tertiary/aromatic N) is 1. The molecule has 1 unspecified atom stereocenters. The lowest BCUT2D eigenvalue weighted by Gasteiger charge is -2.15. The average molecular weight is 378 g/mol. The maximum absolute atomic E-state index is 12.5. The highest BCUT2D eigenvalue weighted by molar-refractivity contribution is 5.89. The zero-order chi connectivity index (χ0) is 19.9. The Labute approximate surface area is 165 Å². The third kappa shape index (κ3) is 4.80. The van der Waals surface area contributed by atoms with Crippen LogP contribution in [0.15, 0.2) is 65.8 Å². The largest absolute Gasteiger partial charge is 0.467 e. The van der Waals surface area contributed by atoms with Crippen LogP contribution >= 0.6 is 0 Å². The van der Waals surface area contributed by atoms with Gasteiger partial charge in [0.05, 0.1) is 18.7 Å². The molecule has 0 aliphatic carbocycles. The highest BCUT2D eigenvalue weighted by Crippen LogP contribution is 2.23. The Morgan fingerprint density at radius 1 is 1.32 bits per heavy atom. The summed E-state index contributed by atoms with van der Waals surface area (Å²) in [6, 6.07) is 11.8. The summed E-state index contributed by atoms with van der Waals surface area (Å²) in [5.41, 5.74) is 3.49. The first-order chi connectivity index (χ1) is 13.6. The van der Waals surface area contributed by atoms with E-state index in [0.29, 0.717) is 26.1 Å². The molecule has 1 saturated heterocycles. The molecule has 1 aliphatic rings. The molecular weight excluding hydrogens is 352 g/mol. The second-order valence-corrected chi connectivity index (χ2v) is 7.04. The average Bonchev–Trinajstić information content (AvgIpc) is 3.32. The highest BCUT2D eigenvalue weighted by atomic mass is 16.3. The van der Waals surface area contributed by atoms with Gasteiger partial charge < -0.3 is 14.6 Å². The van der Waals surface area contributed by atoms with E-state index in [1.165, 1.54) is 5.56 Å². The van der Waals surface area contributed by atoms with Crippen LogP contribution in [0.2, 0.25) is 0 Å². The smallest absolute Gasteiger partial charge is 0.225 e. The number of rotatable bonds is 8. The molecule has 1 aromatic carbocycles. The molecule has 0 saturated carbocycles. The summed E-state index contributed by atoms with van der Waals surface area (Å²) in [6.07, 6.45) is 6.30. The third-order valence-electron chi connectivity index (χ3n) is 5.02. The van der Waals surface area contributed by atoms with Crippen LogP contribution in [-0.4, -0.2) is 29.8 Å². The number of benzene rings is 1. The molecule has 1 N–H and O–H groups in total. The van der Waals surface area contributed by atoms with Crippen molar-refractivity contribution in [1.82, 2.24) is 10.2 Å². The van der Waals surface area contributed by atoms with Gasteiger partial charge in [0.25, 0.3) is 0 Å². The minimum atomic E-state index is -0.312.